The Morgan fingerprint density at radius 3 is 2.69 bits per heavy atom. The highest BCUT2D eigenvalue weighted by molar-refractivity contribution is 5.81. The van der Waals surface area contributed by atoms with E-state index >= 15 is 0 Å². The van der Waals surface area contributed by atoms with Gasteiger partial charge in [0.1, 0.15) is 0 Å². The van der Waals surface area contributed by atoms with Gasteiger partial charge < -0.3 is 4.74 Å². The first kappa shape index (κ1) is 11.9. The number of esters is 1. The van der Waals surface area contributed by atoms with Gasteiger partial charge >= 0.3 is 5.97 Å². The minimum Gasteiger partial charge on any atom is -0.466 e. The van der Waals surface area contributed by atoms with Crippen LogP contribution in [-0.2, 0) is 9.53 Å². The van der Waals surface area contributed by atoms with Crippen LogP contribution in [0.2, 0.25) is 0 Å². The van der Waals surface area contributed by atoms with Gasteiger partial charge in [-0.3, -0.25) is 0 Å². The summed E-state index contributed by atoms with van der Waals surface area (Å²) in [7, 11) is 1.38. The quantitative estimate of drug-likeness (QED) is 0.273. The third-order valence-corrected chi connectivity index (χ3v) is 1.62. The summed E-state index contributed by atoms with van der Waals surface area (Å²) in [6.45, 7) is 2.17. The number of carbonyl (C=O) groups is 1. The predicted molar refractivity (Wildman–Crippen MR) is 54.4 cm³/mol. The topological polar surface area (TPSA) is 26.3 Å². The van der Waals surface area contributed by atoms with Gasteiger partial charge in [0.15, 0.2) is 0 Å². The molecular formula is C11H18O2. The van der Waals surface area contributed by atoms with E-state index < -0.39 is 0 Å². The van der Waals surface area contributed by atoms with Crippen molar-refractivity contribution in [2.45, 2.75) is 32.6 Å². The smallest absolute Gasteiger partial charge is 0.330 e. The third kappa shape index (κ3) is 8.86. The van der Waals surface area contributed by atoms with Crippen LogP contribution in [0.3, 0.4) is 0 Å². The molecule has 0 atom stereocenters. The molecule has 0 radical (unpaired) electrons. The molecule has 0 heterocycles. The predicted octanol–water partition coefficient (Wildman–Crippen LogP) is 2.85. The molecule has 0 N–H and O–H groups in total. The van der Waals surface area contributed by atoms with E-state index in [1.165, 1.54) is 26.0 Å². The van der Waals surface area contributed by atoms with Crippen molar-refractivity contribution in [2.24, 2.45) is 0 Å². The number of ether oxygens (including phenoxy) is 1. The maximum Gasteiger partial charge on any atom is 0.330 e. The molecule has 0 aliphatic carbocycles. The normalized spacial score (nSPS) is 11.2. The molecule has 0 aromatic heterocycles. The molecule has 0 spiro atoms. The second kappa shape index (κ2) is 9.04. The van der Waals surface area contributed by atoms with Gasteiger partial charge in [0, 0.05) is 6.08 Å². The number of methoxy groups -OCH3 is 1. The number of unbranched alkanes of at least 4 members (excludes halogenated alkanes) is 2. The van der Waals surface area contributed by atoms with Gasteiger partial charge in [-0.2, -0.15) is 0 Å². The average molecular weight is 182 g/mol. The lowest BCUT2D eigenvalue weighted by atomic mass is 10.2. The van der Waals surface area contributed by atoms with Crippen LogP contribution in [0.4, 0.5) is 0 Å². The van der Waals surface area contributed by atoms with Crippen LogP contribution in [0.1, 0.15) is 32.6 Å². The lowest BCUT2D eigenvalue weighted by Crippen LogP contribution is -1.92. The van der Waals surface area contributed by atoms with Crippen molar-refractivity contribution >= 4 is 5.97 Å². The second-order valence-electron chi connectivity index (χ2n) is 2.77. The first-order valence-electron chi connectivity index (χ1n) is 4.70. The zero-order chi connectivity index (χ0) is 9.94. The van der Waals surface area contributed by atoms with Gasteiger partial charge in [0.2, 0.25) is 0 Å². The van der Waals surface area contributed by atoms with Crippen LogP contribution in [-0.4, -0.2) is 13.1 Å². The Bertz CT molecular complexity index is 181. The van der Waals surface area contributed by atoms with Crippen LogP contribution < -0.4 is 0 Å². The lowest BCUT2D eigenvalue weighted by molar-refractivity contribution is -0.134. The van der Waals surface area contributed by atoms with Crippen molar-refractivity contribution in [1.82, 2.24) is 0 Å². The Kier molecular flexibility index (Phi) is 8.31. The summed E-state index contributed by atoms with van der Waals surface area (Å²) in [6.07, 6.45) is 11.8. The van der Waals surface area contributed by atoms with E-state index in [0.29, 0.717) is 0 Å². The summed E-state index contributed by atoms with van der Waals surface area (Å²) in [5.74, 6) is -0.290. The molecule has 74 valence electrons. The Balaban J connectivity index is 3.38. The van der Waals surface area contributed by atoms with E-state index in [-0.39, 0.29) is 5.97 Å². The summed E-state index contributed by atoms with van der Waals surface area (Å²) < 4.78 is 4.45. The van der Waals surface area contributed by atoms with Crippen molar-refractivity contribution in [2.75, 3.05) is 7.11 Å². The fourth-order valence-corrected chi connectivity index (χ4v) is 0.847. The van der Waals surface area contributed by atoms with Crippen LogP contribution in [0.25, 0.3) is 0 Å². The standard InChI is InChI=1S/C11H18O2/c1-3-4-5-6-7-8-9-10-11(12)13-2/h6-7,9-10H,3-5,8H2,1-2H3/b7-6+,10-9+. The highest BCUT2D eigenvalue weighted by Crippen LogP contribution is 1.96. The molecule has 13 heavy (non-hydrogen) atoms. The van der Waals surface area contributed by atoms with Crippen LogP contribution in [0.15, 0.2) is 24.3 Å². The maximum atomic E-state index is 10.6. The summed E-state index contributed by atoms with van der Waals surface area (Å²) in [5.41, 5.74) is 0. The Labute approximate surface area is 80.3 Å². The van der Waals surface area contributed by atoms with Crippen molar-refractivity contribution < 1.29 is 9.53 Å². The second-order valence-corrected chi connectivity index (χ2v) is 2.77. The number of hydrogen-bond acceptors (Lipinski definition) is 2. The van der Waals surface area contributed by atoms with E-state index in [9.17, 15) is 4.79 Å². The molecule has 0 saturated carbocycles. The molecule has 0 aromatic carbocycles. The van der Waals surface area contributed by atoms with E-state index in [2.05, 4.69) is 23.8 Å². The van der Waals surface area contributed by atoms with Gasteiger partial charge in [-0.15, -0.1) is 0 Å². The van der Waals surface area contributed by atoms with Crippen molar-refractivity contribution in [3.05, 3.63) is 24.3 Å². The number of carbonyl (C=O) groups excluding carboxylic acids is 1. The number of hydrogen-bond donors (Lipinski definition) is 0. The summed E-state index contributed by atoms with van der Waals surface area (Å²) in [4.78, 5) is 10.6. The van der Waals surface area contributed by atoms with Crippen molar-refractivity contribution in [3.63, 3.8) is 0 Å². The van der Waals surface area contributed by atoms with Gasteiger partial charge in [0.05, 0.1) is 7.11 Å². The largest absolute Gasteiger partial charge is 0.466 e. The van der Waals surface area contributed by atoms with E-state index in [0.717, 1.165) is 12.8 Å². The zero-order valence-corrected chi connectivity index (χ0v) is 8.45. The van der Waals surface area contributed by atoms with Crippen molar-refractivity contribution in [3.8, 4) is 0 Å². The third-order valence-electron chi connectivity index (χ3n) is 1.62. The van der Waals surface area contributed by atoms with Gasteiger partial charge in [0.25, 0.3) is 0 Å². The Morgan fingerprint density at radius 1 is 1.31 bits per heavy atom. The minimum absolute atomic E-state index is 0.290. The van der Waals surface area contributed by atoms with Crippen LogP contribution >= 0.6 is 0 Å². The molecule has 0 aliphatic rings. The Morgan fingerprint density at radius 2 is 2.08 bits per heavy atom. The van der Waals surface area contributed by atoms with E-state index in [1.807, 2.05) is 0 Å². The molecule has 0 bridgehead atoms. The van der Waals surface area contributed by atoms with E-state index in [4.69, 9.17) is 0 Å². The molecule has 0 fully saturated rings. The lowest BCUT2D eigenvalue weighted by Gasteiger charge is -1.88. The molecule has 0 rings (SSSR count). The highest BCUT2D eigenvalue weighted by atomic mass is 16.5. The molecule has 0 amide bonds. The van der Waals surface area contributed by atoms with Gasteiger partial charge in [-0.1, -0.05) is 38.0 Å². The monoisotopic (exact) mass is 182 g/mol. The molecule has 0 saturated heterocycles. The maximum absolute atomic E-state index is 10.6. The average Bonchev–Trinajstić information content (AvgIpc) is 2.16. The zero-order valence-electron chi connectivity index (χ0n) is 8.45. The molecular weight excluding hydrogens is 164 g/mol. The molecule has 0 aromatic rings. The molecule has 2 nitrogen and oxygen atoms in total. The van der Waals surface area contributed by atoms with Gasteiger partial charge in [-0.05, 0) is 12.8 Å². The van der Waals surface area contributed by atoms with Crippen LogP contribution in [0.5, 0.6) is 0 Å². The summed E-state index contributed by atoms with van der Waals surface area (Å²) in [6, 6.07) is 0. The summed E-state index contributed by atoms with van der Waals surface area (Å²) in [5, 5.41) is 0. The molecule has 2 heteroatoms. The number of rotatable bonds is 6. The minimum atomic E-state index is -0.290. The van der Waals surface area contributed by atoms with Crippen LogP contribution in [0, 0.1) is 0 Å². The fourth-order valence-electron chi connectivity index (χ4n) is 0.847. The first-order chi connectivity index (χ1) is 6.31. The van der Waals surface area contributed by atoms with E-state index in [1.54, 1.807) is 6.08 Å². The fraction of sp³-hybridized carbons (Fsp3) is 0.545. The molecule has 0 aliphatic heterocycles. The molecule has 0 unspecified atom stereocenters. The van der Waals surface area contributed by atoms with Gasteiger partial charge in [-0.25, -0.2) is 4.79 Å². The first-order valence-corrected chi connectivity index (χ1v) is 4.70. The van der Waals surface area contributed by atoms with Crippen molar-refractivity contribution in [1.29, 1.82) is 0 Å². The highest BCUT2D eigenvalue weighted by Gasteiger charge is 1.87. The number of allylic oxidation sites excluding steroid dienone is 3. The summed E-state index contributed by atoms with van der Waals surface area (Å²) >= 11 is 0. The Hall–Kier alpha value is -1.05. The SMILES string of the molecule is CCCC/C=C/C/C=C/C(=O)OC.